The minimum absolute atomic E-state index is 0.0684. The zero-order valence-corrected chi connectivity index (χ0v) is 9.13. The summed E-state index contributed by atoms with van der Waals surface area (Å²) in [4.78, 5) is 11.5. The van der Waals surface area contributed by atoms with E-state index in [9.17, 15) is 4.79 Å². The van der Waals surface area contributed by atoms with Crippen LogP contribution in [0.25, 0.3) is 0 Å². The lowest BCUT2D eigenvalue weighted by Gasteiger charge is -2.10. The average molecular weight is 212 g/mol. The highest BCUT2D eigenvalue weighted by Crippen LogP contribution is 2.18. The SMILES string of the molecule is O=C(NCCCNC1CC1)[C@@H]1CCCO1. The van der Waals surface area contributed by atoms with E-state index in [1.165, 1.54) is 12.8 Å². The van der Waals surface area contributed by atoms with Gasteiger partial charge in [-0.3, -0.25) is 4.79 Å². The molecule has 2 fully saturated rings. The van der Waals surface area contributed by atoms with E-state index in [1.807, 2.05) is 0 Å². The molecule has 0 aromatic rings. The van der Waals surface area contributed by atoms with Crippen LogP contribution in [-0.2, 0) is 9.53 Å². The van der Waals surface area contributed by atoms with E-state index in [2.05, 4.69) is 10.6 Å². The lowest BCUT2D eigenvalue weighted by molar-refractivity contribution is -0.130. The van der Waals surface area contributed by atoms with Gasteiger partial charge in [-0.25, -0.2) is 0 Å². The summed E-state index contributed by atoms with van der Waals surface area (Å²) in [6.07, 6.45) is 5.37. The van der Waals surface area contributed by atoms with Gasteiger partial charge >= 0.3 is 0 Å². The molecular formula is C11H20N2O2. The van der Waals surface area contributed by atoms with Gasteiger partial charge in [-0.05, 0) is 38.6 Å². The van der Waals surface area contributed by atoms with E-state index >= 15 is 0 Å². The Balaban J connectivity index is 1.46. The Hall–Kier alpha value is -0.610. The summed E-state index contributed by atoms with van der Waals surface area (Å²) >= 11 is 0. The van der Waals surface area contributed by atoms with Crippen LogP contribution in [0.4, 0.5) is 0 Å². The molecule has 1 heterocycles. The van der Waals surface area contributed by atoms with E-state index in [0.717, 1.165) is 45.0 Å². The predicted octanol–water partition coefficient (Wildman–Crippen LogP) is 0.424. The van der Waals surface area contributed by atoms with E-state index in [4.69, 9.17) is 4.74 Å². The molecule has 4 nitrogen and oxygen atoms in total. The Kier molecular flexibility index (Phi) is 3.97. The number of ether oxygens (including phenoxy) is 1. The largest absolute Gasteiger partial charge is 0.368 e. The van der Waals surface area contributed by atoms with Gasteiger partial charge in [0.15, 0.2) is 0 Å². The summed E-state index contributed by atoms with van der Waals surface area (Å²) in [7, 11) is 0. The van der Waals surface area contributed by atoms with Crippen molar-refractivity contribution in [2.24, 2.45) is 0 Å². The molecule has 2 N–H and O–H groups in total. The molecule has 0 aromatic heterocycles. The minimum atomic E-state index is -0.179. The molecule has 0 unspecified atom stereocenters. The maximum absolute atomic E-state index is 11.5. The number of nitrogens with one attached hydrogen (secondary N) is 2. The average Bonchev–Trinajstić information content (AvgIpc) is 2.90. The second-order valence-electron chi connectivity index (χ2n) is 4.37. The zero-order valence-electron chi connectivity index (χ0n) is 9.13. The molecule has 1 aliphatic carbocycles. The molecule has 0 radical (unpaired) electrons. The number of carbonyl (C=O) groups is 1. The summed E-state index contributed by atoms with van der Waals surface area (Å²) < 4.78 is 5.29. The highest BCUT2D eigenvalue weighted by Gasteiger charge is 2.23. The van der Waals surface area contributed by atoms with Crippen LogP contribution in [0.3, 0.4) is 0 Å². The third kappa shape index (κ3) is 3.80. The minimum Gasteiger partial charge on any atom is -0.368 e. The molecule has 0 bridgehead atoms. The first-order valence-electron chi connectivity index (χ1n) is 5.99. The number of hydrogen-bond acceptors (Lipinski definition) is 3. The Bertz CT molecular complexity index is 211. The molecule has 1 aliphatic heterocycles. The number of carbonyl (C=O) groups excluding carboxylic acids is 1. The Labute approximate surface area is 90.8 Å². The molecule has 0 spiro atoms. The highest BCUT2D eigenvalue weighted by atomic mass is 16.5. The van der Waals surface area contributed by atoms with Gasteiger partial charge in [-0.2, -0.15) is 0 Å². The lowest BCUT2D eigenvalue weighted by atomic mass is 10.2. The summed E-state index contributed by atoms with van der Waals surface area (Å²) in [6, 6.07) is 0.763. The molecule has 1 atom stereocenters. The van der Waals surface area contributed by atoms with Gasteiger partial charge in [0.2, 0.25) is 5.91 Å². The van der Waals surface area contributed by atoms with Crippen LogP contribution < -0.4 is 10.6 Å². The van der Waals surface area contributed by atoms with Gasteiger partial charge in [0.05, 0.1) is 0 Å². The van der Waals surface area contributed by atoms with Crippen LogP contribution in [0.15, 0.2) is 0 Å². The number of hydrogen-bond donors (Lipinski definition) is 2. The van der Waals surface area contributed by atoms with Crippen molar-refractivity contribution < 1.29 is 9.53 Å². The number of amides is 1. The quantitative estimate of drug-likeness (QED) is 0.628. The Morgan fingerprint density at radius 1 is 1.27 bits per heavy atom. The second-order valence-corrected chi connectivity index (χ2v) is 4.37. The molecular weight excluding hydrogens is 192 g/mol. The van der Waals surface area contributed by atoms with E-state index in [0.29, 0.717) is 0 Å². The third-order valence-corrected chi connectivity index (χ3v) is 2.89. The van der Waals surface area contributed by atoms with Crippen molar-refractivity contribution in [1.29, 1.82) is 0 Å². The van der Waals surface area contributed by atoms with Crippen LogP contribution in [0, 0.1) is 0 Å². The number of rotatable bonds is 6. The Morgan fingerprint density at radius 2 is 2.13 bits per heavy atom. The summed E-state index contributed by atoms with van der Waals surface area (Å²) in [5.74, 6) is 0.0684. The highest BCUT2D eigenvalue weighted by molar-refractivity contribution is 5.80. The van der Waals surface area contributed by atoms with Crippen LogP contribution >= 0.6 is 0 Å². The zero-order chi connectivity index (χ0) is 10.5. The van der Waals surface area contributed by atoms with Gasteiger partial charge in [-0.1, -0.05) is 0 Å². The summed E-state index contributed by atoms with van der Waals surface area (Å²) in [5.41, 5.74) is 0. The molecule has 4 heteroatoms. The predicted molar refractivity (Wildman–Crippen MR) is 57.6 cm³/mol. The monoisotopic (exact) mass is 212 g/mol. The van der Waals surface area contributed by atoms with E-state index in [-0.39, 0.29) is 12.0 Å². The van der Waals surface area contributed by atoms with Crippen molar-refractivity contribution >= 4 is 5.91 Å². The van der Waals surface area contributed by atoms with Crippen LogP contribution in [-0.4, -0.2) is 37.7 Å². The van der Waals surface area contributed by atoms with Gasteiger partial charge in [0, 0.05) is 19.2 Å². The van der Waals surface area contributed by atoms with E-state index < -0.39 is 0 Å². The molecule has 86 valence electrons. The van der Waals surface area contributed by atoms with Gasteiger partial charge in [0.25, 0.3) is 0 Å². The molecule has 2 aliphatic rings. The Morgan fingerprint density at radius 3 is 2.80 bits per heavy atom. The van der Waals surface area contributed by atoms with Crippen molar-refractivity contribution in [3.05, 3.63) is 0 Å². The standard InChI is InChI=1S/C11H20N2O2/c14-11(10-3-1-8-15-10)13-7-2-6-12-9-4-5-9/h9-10,12H,1-8H2,(H,13,14)/t10-/m0/s1. The second kappa shape index (κ2) is 5.47. The molecule has 1 amide bonds. The maximum atomic E-state index is 11.5. The smallest absolute Gasteiger partial charge is 0.249 e. The fraction of sp³-hybridized carbons (Fsp3) is 0.909. The lowest BCUT2D eigenvalue weighted by Crippen LogP contribution is -2.35. The van der Waals surface area contributed by atoms with Crippen LogP contribution in [0.2, 0.25) is 0 Å². The fourth-order valence-corrected chi connectivity index (χ4v) is 1.79. The van der Waals surface area contributed by atoms with Gasteiger partial charge in [-0.15, -0.1) is 0 Å². The van der Waals surface area contributed by atoms with Crippen molar-refractivity contribution in [2.75, 3.05) is 19.7 Å². The molecule has 0 aromatic carbocycles. The first-order chi connectivity index (χ1) is 7.36. The third-order valence-electron chi connectivity index (χ3n) is 2.89. The van der Waals surface area contributed by atoms with Crippen LogP contribution in [0.1, 0.15) is 32.1 Å². The molecule has 2 rings (SSSR count). The van der Waals surface area contributed by atoms with Crippen molar-refractivity contribution in [3.8, 4) is 0 Å². The topological polar surface area (TPSA) is 50.4 Å². The molecule has 1 saturated carbocycles. The van der Waals surface area contributed by atoms with Gasteiger partial charge < -0.3 is 15.4 Å². The normalized spacial score (nSPS) is 25.5. The maximum Gasteiger partial charge on any atom is 0.249 e. The van der Waals surface area contributed by atoms with E-state index in [1.54, 1.807) is 0 Å². The summed E-state index contributed by atoms with van der Waals surface area (Å²) in [5, 5.41) is 6.33. The van der Waals surface area contributed by atoms with Crippen LogP contribution in [0.5, 0.6) is 0 Å². The fourth-order valence-electron chi connectivity index (χ4n) is 1.79. The molecule has 1 saturated heterocycles. The summed E-state index contributed by atoms with van der Waals surface area (Å²) in [6.45, 7) is 2.51. The van der Waals surface area contributed by atoms with Crippen molar-refractivity contribution in [1.82, 2.24) is 10.6 Å². The first-order valence-corrected chi connectivity index (χ1v) is 5.99. The van der Waals surface area contributed by atoms with Crippen molar-refractivity contribution in [3.63, 3.8) is 0 Å². The first kappa shape index (κ1) is 10.9. The van der Waals surface area contributed by atoms with Crippen molar-refractivity contribution in [2.45, 2.75) is 44.2 Å². The van der Waals surface area contributed by atoms with Gasteiger partial charge in [0.1, 0.15) is 6.10 Å². The molecule has 15 heavy (non-hydrogen) atoms.